The molecule has 3 rings (SSSR count). The Kier molecular flexibility index (Phi) is 3.01. The SMILES string of the molecule is CS(=O)(=O)c1nc(S(C)(=O)=O)c2c(n1)[nH]c1[c]cc(F)cc12. The molecular formula is C12H9FN3O4S2. The molecule has 0 saturated carbocycles. The van der Waals surface area contributed by atoms with E-state index in [1.165, 1.54) is 0 Å². The minimum atomic E-state index is -3.86. The first-order valence-electron chi connectivity index (χ1n) is 5.88. The van der Waals surface area contributed by atoms with Gasteiger partial charge in [-0.15, -0.1) is 0 Å². The minimum Gasteiger partial charge on any atom is -0.339 e. The molecule has 1 aromatic carbocycles. The van der Waals surface area contributed by atoms with Gasteiger partial charge in [-0.2, -0.15) is 0 Å². The van der Waals surface area contributed by atoms with E-state index in [0.717, 1.165) is 24.6 Å². The first-order chi connectivity index (χ1) is 10.1. The van der Waals surface area contributed by atoms with E-state index in [-0.39, 0.29) is 16.4 Å². The van der Waals surface area contributed by atoms with Gasteiger partial charge in [0, 0.05) is 24.0 Å². The van der Waals surface area contributed by atoms with E-state index in [1.54, 1.807) is 0 Å². The van der Waals surface area contributed by atoms with Crippen LogP contribution in [0.1, 0.15) is 0 Å². The average Bonchev–Trinajstić information content (AvgIpc) is 2.73. The molecule has 2 heterocycles. The highest BCUT2D eigenvalue weighted by Crippen LogP contribution is 2.30. The molecule has 0 saturated heterocycles. The maximum atomic E-state index is 13.4. The summed E-state index contributed by atoms with van der Waals surface area (Å²) in [7, 11) is -7.67. The number of aromatic amines is 1. The van der Waals surface area contributed by atoms with Crippen molar-refractivity contribution in [1.29, 1.82) is 0 Å². The Morgan fingerprint density at radius 1 is 1.14 bits per heavy atom. The third-order valence-electron chi connectivity index (χ3n) is 2.96. The lowest BCUT2D eigenvalue weighted by Crippen LogP contribution is -2.10. The van der Waals surface area contributed by atoms with E-state index in [0.29, 0.717) is 5.52 Å². The topological polar surface area (TPSA) is 110 Å². The Balaban J connectivity index is 2.61. The van der Waals surface area contributed by atoms with Crippen molar-refractivity contribution in [2.75, 3.05) is 12.5 Å². The largest absolute Gasteiger partial charge is 0.339 e. The first-order valence-corrected chi connectivity index (χ1v) is 9.66. The number of benzene rings is 1. The van der Waals surface area contributed by atoms with Gasteiger partial charge in [0.1, 0.15) is 11.5 Å². The van der Waals surface area contributed by atoms with E-state index in [2.05, 4.69) is 21.0 Å². The van der Waals surface area contributed by atoms with E-state index in [4.69, 9.17) is 0 Å². The molecule has 0 bridgehead atoms. The van der Waals surface area contributed by atoms with Gasteiger partial charge < -0.3 is 4.98 Å². The maximum Gasteiger partial charge on any atom is 0.250 e. The number of sulfone groups is 2. The molecule has 2 aromatic heterocycles. The summed E-state index contributed by atoms with van der Waals surface area (Å²) < 4.78 is 60.6. The van der Waals surface area contributed by atoms with Crippen LogP contribution in [0.4, 0.5) is 4.39 Å². The van der Waals surface area contributed by atoms with Gasteiger partial charge in [-0.25, -0.2) is 31.2 Å². The lowest BCUT2D eigenvalue weighted by atomic mass is 10.2. The standard InChI is InChI=1S/C12H9FN3O4S2/c1-21(17,18)11-9-7-5-6(13)3-4-8(7)14-10(9)15-12(16-11)22(2,19)20/h3,5H,1-2H3,(H,14,15,16). The van der Waals surface area contributed by atoms with Crippen LogP contribution in [-0.2, 0) is 19.7 Å². The van der Waals surface area contributed by atoms with Crippen molar-refractivity contribution >= 4 is 41.6 Å². The Morgan fingerprint density at radius 2 is 1.82 bits per heavy atom. The minimum absolute atomic E-state index is 0.00676. The molecule has 1 radical (unpaired) electrons. The number of fused-ring (bicyclic) bond motifs is 3. The van der Waals surface area contributed by atoms with Crippen LogP contribution in [0.25, 0.3) is 21.9 Å². The summed E-state index contributed by atoms with van der Waals surface area (Å²) in [5.74, 6) is -0.611. The fourth-order valence-electron chi connectivity index (χ4n) is 2.08. The smallest absolute Gasteiger partial charge is 0.250 e. The number of hydrogen-bond acceptors (Lipinski definition) is 6. The second-order valence-electron chi connectivity index (χ2n) is 4.81. The second-order valence-corrected chi connectivity index (χ2v) is 8.65. The van der Waals surface area contributed by atoms with Crippen LogP contribution in [0.3, 0.4) is 0 Å². The van der Waals surface area contributed by atoms with Crippen molar-refractivity contribution in [1.82, 2.24) is 15.0 Å². The van der Waals surface area contributed by atoms with Gasteiger partial charge in [0.2, 0.25) is 15.0 Å². The van der Waals surface area contributed by atoms with Crippen molar-refractivity contribution < 1.29 is 21.2 Å². The van der Waals surface area contributed by atoms with Gasteiger partial charge in [0.25, 0.3) is 0 Å². The quantitative estimate of drug-likeness (QED) is 0.546. The van der Waals surface area contributed by atoms with Crippen molar-refractivity contribution in [3.8, 4) is 0 Å². The summed E-state index contributed by atoms with van der Waals surface area (Å²) in [4.78, 5) is 10.2. The molecular weight excluding hydrogens is 333 g/mol. The molecule has 7 nitrogen and oxygen atoms in total. The Morgan fingerprint density at radius 3 is 2.41 bits per heavy atom. The monoisotopic (exact) mass is 342 g/mol. The summed E-state index contributed by atoms with van der Waals surface area (Å²) in [6.45, 7) is 0. The number of H-pyrrole nitrogens is 1. The highest BCUT2D eigenvalue weighted by Gasteiger charge is 2.24. The highest BCUT2D eigenvalue weighted by atomic mass is 32.2. The zero-order chi connectivity index (χ0) is 16.3. The zero-order valence-electron chi connectivity index (χ0n) is 11.4. The molecule has 0 aliphatic rings. The molecule has 22 heavy (non-hydrogen) atoms. The number of rotatable bonds is 2. The van der Waals surface area contributed by atoms with Crippen LogP contribution in [0.15, 0.2) is 22.3 Å². The summed E-state index contributed by atoms with van der Waals surface area (Å²) in [5, 5.41) is -0.827. The molecule has 0 aliphatic heterocycles. The predicted molar refractivity (Wildman–Crippen MR) is 76.4 cm³/mol. The molecule has 115 valence electrons. The number of halogens is 1. The van der Waals surface area contributed by atoms with Gasteiger partial charge in [-0.3, -0.25) is 0 Å². The third kappa shape index (κ3) is 2.33. The fourth-order valence-corrected chi connectivity index (χ4v) is 3.48. The fraction of sp³-hybridized carbons (Fsp3) is 0.167. The Labute approximate surface area is 125 Å². The lowest BCUT2D eigenvalue weighted by molar-refractivity contribution is 0.587. The molecule has 0 fully saturated rings. The molecule has 0 atom stereocenters. The van der Waals surface area contributed by atoms with E-state index in [1.807, 2.05) is 0 Å². The van der Waals surface area contributed by atoms with Crippen molar-refractivity contribution in [2.45, 2.75) is 10.2 Å². The summed E-state index contributed by atoms with van der Waals surface area (Å²) in [6, 6.07) is 4.79. The van der Waals surface area contributed by atoms with E-state index >= 15 is 0 Å². The Hall–Kier alpha value is -2.07. The zero-order valence-corrected chi connectivity index (χ0v) is 13.0. The van der Waals surface area contributed by atoms with Crippen LogP contribution >= 0.6 is 0 Å². The van der Waals surface area contributed by atoms with Gasteiger partial charge >= 0.3 is 0 Å². The number of nitrogens with zero attached hydrogens (tertiary/aromatic N) is 2. The van der Waals surface area contributed by atoms with Crippen LogP contribution in [0.5, 0.6) is 0 Å². The van der Waals surface area contributed by atoms with Crippen LogP contribution < -0.4 is 0 Å². The highest BCUT2D eigenvalue weighted by molar-refractivity contribution is 7.91. The molecule has 10 heteroatoms. The maximum absolute atomic E-state index is 13.4. The molecule has 1 N–H and O–H groups in total. The van der Waals surface area contributed by atoms with Gasteiger partial charge in [-0.1, -0.05) is 0 Å². The Bertz CT molecular complexity index is 1130. The van der Waals surface area contributed by atoms with Crippen LogP contribution in [0.2, 0.25) is 0 Å². The molecule has 0 unspecified atom stereocenters. The second kappa shape index (κ2) is 4.46. The number of aromatic nitrogens is 3. The summed E-state index contributed by atoms with van der Waals surface area (Å²) in [6.07, 6.45) is 1.76. The van der Waals surface area contributed by atoms with Crippen molar-refractivity contribution in [2.24, 2.45) is 0 Å². The predicted octanol–water partition coefficient (Wildman–Crippen LogP) is 0.857. The molecule has 0 spiro atoms. The number of hydrogen-bond donors (Lipinski definition) is 1. The number of nitrogens with one attached hydrogen (secondary N) is 1. The van der Waals surface area contributed by atoms with Gasteiger partial charge in [0.05, 0.1) is 10.9 Å². The first kappa shape index (κ1) is 14.9. The van der Waals surface area contributed by atoms with Crippen molar-refractivity contribution in [3.63, 3.8) is 0 Å². The summed E-state index contributed by atoms with van der Waals surface area (Å²) in [5.41, 5.74) is 0.300. The lowest BCUT2D eigenvalue weighted by Gasteiger charge is -2.03. The van der Waals surface area contributed by atoms with E-state index < -0.39 is 35.7 Å². The van der Waals surface area contributed by atoms with Crippen LogP contribution in [0, 0.1) is 11.9 Å². The van der Waals surface area contributed by atoms with E-state index in [9.17, 15) is 21.2 Å². The molecule has 0 amide bonds. The molecule has 0 aliphatic carbocycles. The summed E-state index contributed by atoms with van der Waals surface area (Å²) >= 11 is 0. The third-order valence-corrected chi connectivity index (χ3v) is 4.80. The average molecular weight is 342 g/mol. The normalized spacial score (nSPS) is 13.0. The molecule has 3 aromatic rings. The van der Waals surface area contributed by atoms with Crippen LogP contribution in [-0.4, -0.2) is 44.3 Å². The van der Waals surface area contributed by atoms with Gasteiger partial charge in [-0.05, 0) is 12.1 Å². The van der Waals surface area contributed by atoms with Crippen molar-refractivity contribution in [3.05, 3.63) is 24.0 Å². The van der Waals surface area contributed by atoms with Gasteiger partial charge in [0.15, 0.2) is 14.9 Å².